The molecule has 0 radical (unpaired) electrons. The van der Waals surface area contributed by atoms with Crippen molar-refractivity contribution in [3.8, 4) is 22.9 Å². The van der Waals surface area contributed by atoms with Crippen molar-refractivity contribution >= 4 is 17.5 Å². The van der Waals surface area contributed by atoms with Crippen LogP contribution in [0.1, 0.15) is 12.8 Å². The second-order valence-electron chi connectivity index (χ2n) is 5.47. The SMILES string of the molecule is CCOc1ccccc1OCC(=O)NCc1nc(-c2cccc(Cl)c2)no1. The minimum atomic E-state index is -0.316. The van der Waals surface area contributed by atoms with E-state index in [1.165, 1.54) is 0 Å². The van der Waals surface area contributed by atoms with Crippen LogP contribution in [0.3, 0.4) is 0 Å². The Kier molecular flexibility index (Phi) is 6.27. The molecular formula is C19H18ClN3O4. The van der Waals surface area contributed by atoms with Crippen LogP contribution >= 0.6 is 11.6 Å². The Labute approximate surface area is 161 Å². The van der Waals surface area contributed by atoms with Crippen molar-refractivity contribution in [2.24, 2.45) is 0 Å². The zero-order valence-corrected chi connectivity index (χ0v) is 15.4. The van der Waals surface area contributed by atoms with Crippen LogP contribution in [0.25, 0.3) is 11.4 Å². The lowest BCUT2D eigenvalue weighted by atomic mass is 10.2. The summed E-state index contributed by atoms with van der Waals surface area (Å²) >= 11 is 5.95. The van der Waals surface area contributed by atoms with Crippen LogP contribution in [0.4, 0.5) is 0 Å². The van der Waals surface area contributed by atoms with Crippen molar-refractivity contribution < 1.29 is 18.8 Å². The molecule has 0 bridgehead atoms. The number of hydrogen-bond donors (Lipinski definition) is 1. The topological polar surface area (TPSA) is 86.5 Å². The fraction of sp³-hybridized carbons (Fsp3) is 0.211. The Morgan fingerprint density at radius 3 is 2.67 bits per heavy atom. The predicted molar refractivity (Wildman–Crippen MR) is 99.7 cm³/mol. The molecule has 8 heteroatoms. The number of halogens is 1. The molecular weight excluding hydrogens is 370 g/mol. The molecule has 0 atom stereocenters. The number of rotatable bonds is 8. The summed E-state index contributed by atoms with van der Waals surface area (Å²) in [5, 5.41) is 7.14. The van der Waals surface area contributed by atoms with E-state index in [4.69, 9.17) is 25.6 Å². The van der Waals surface area contributed by atoms with Gasteiger partial charge in [0.05, 0.1) is 13.2 Å². The molecule has 27 heavy (non-hydrogen) atoms. The molecule has 0 aliphatic heterocycles. The average Bonchev–Trinajstić information content (AvgIpc) is 3.15. The van der Waals surface area contributed by atoms with Gasteiger partial charge < -0.3 is 19.3 Å². The third-order valence-corrected chi connectivity index (χ3v) is 3.73. The number of benzene rings is 2. The van der Waals surface area contributed by atoms with E-state index in [0.717, 1.165) is 5.56 Å². The molecule has 1 heterocycles. The van der Waals surface area contributed by atoms with Gasteiger partial charge in [-0.1, -0.05) is 41.0 Å². The van der Waals surface area contributed by atoms with E-state index in [1.54, 1.807) is 30.3 Å². The molecule has 0 saturated carbocycles. The first-order valence-electron chi connectivity index (χ1n) is 8.35. The van der Waals surface area contributed by atoms with E-state index in [1.807, 2.05) is 25.1 Å². The number of nitrogens with one attached hydrogen (secondary N) is 1. The molecule has 1 N–H and O–H groups in total. The van der Waals surface area contributed by atoms with Gasteiger partial charge in [-0.25, -0.2) is 0 Å². The minimum Gasteiger partial charge on any atom is -0.490 e. The molecule has 2 aromatic carbocycles. The summed E-state index contributed by atoms with van der Waals surface area (Å²) in [6.07, 6.45) is 0. The van der Waals surface area contributed by atoms with Crippen molar-refractivity contribution in [2.75, 3.05) is 13.2 Å². The highest BCUT2D eigenvalue weighted by atomic mass is 35.5. The lowest BCUT2D eigenvalue weighted by Gasteiger charge is -2.11. The fourth-order valence-electron chi connectivity index (χ4n) is 2.28. The summed E-state index contributed by atoms with van der Waals surface area (Å²) in [4.78, 5) is 16.2. The first-order valence-corrected chi connectivity index (χ1v) is 8.73. The van der Waals surface area contributed by atoms with Crippen LogP contribution in [-0.4, -0.2) is 29.3 Å². The lowest BCUT2D eigenvalue weighted by Crippen LogP contribution is -2.28. The van der Waals surface area contributed by atoms with Crippen molar-refractivity contribution in [1.29, 1.82) is 0 Å². The maximum atomic E-state index is 12.0. The maximum Gasteiger partial charge on any atom is 0.258 e. The van der Waals surface area contributed by atoms with Crippen LogP contribution < -0.4 is 14.8 Å². The van der Waals surface area contributed by atoms with Gasteiger partial charge in [-0.05, 0) is 31.2 Å². The second kappa shape index (κ2) is 9.05. The minimum absolute atomic E-state index is 0.100. The summed E-state index contributed by atoms with van der Waals surface area (Å²) in [5.74, 6) is 1.48. The highest BCUT2D eigenvalue weighted by Crippen LogP contribution is 2.26. The van der Waals surface area contributed by atoms with Gasteiger partial charge in [0, 0.05) is 10.6 Å². The molecule has 0 aliphatic carbocycles. The Balaban J connectivity index is 1.51. The molecule has 0 saturated heterocycles. The normalized spacial score (nSPS) is 10.4. The summed E-state index contributed by atoms with van der Waals surface area (Å²) in [5.41, 5.74) is 0.736. The standard InChI is InChI=1S/C19H18ClN3O4/c1-2-25-15-8-3-4-9-16(15)26-12-17(24)21-11-18-22-19(23-27-18)13-6-5-7-14(20)10-13/h3-10H,2,11-12H2,1H3,(H,21,24). The molecule has 7 nitrogen and oxygen atoms in total. The molecule has 0 unspecified atom stereocenters. The Bertz CT molecular complexity index is 913. The number of carbonyl (C=O) groups is 1. The van der Waals surface area contributed by atoms with E-state index in [-0.39, 0.29) is 24.9 Å². The first-order chi connectivity index (χ1) is 13.2. The number of ether oxygens (including phenoxy) is 2. The number of amides is 1. The van der Waals surface area contributed by atoms with Gasteiger partial charge in [-0.3, -0.25) is 4.79 Å². The second-order valence-corrected chi connectivity index (χ2v) is 5.90. The fourth-order valence-corrected chi connectivity index (χ4v) is 2.47. The van der Waals surface area contributed by atoms with E-state index in [2.05, 4.69) is 15.5 Å². The average molecular weight is 388 g/mol. The van der Waals surface area contributed by atoms with Crippen LogP contribution in [-0.2, 0) is 11.3 Å². The zero-order valence-electron chi connectivity index (χ0n) is 14.6. The summed E-state index contributed by atoms with van der Waals surface area (Å²) in [6, 6.07) is 14.3. The highest BCUT2D eigenvalue weighted by molar-refractivity contribution is 6.30. The monoisotopic (exact) mass is 387 g/mol. The summed E-state index contributed by atoms with van der Waals surface area (Å²) in [7, 11) is 0. The van der Waals surface area contributed by atoms with Crippen molar-refractivity contribution in [3.05, 3.63) is 59.4 Å². The van der Waals surface area contributed by atoms with Gasteiger partial charge in [0.2, 0.25) is 11.7 Å². The number of para-hydroxylation sites is 2. The van der Waals surface area contributed by atoms with Crippen LogP contribution in [0.15, 0.2) is 53.1 Å². The number of hydrogen-bond acceptors (Lipinski definition) is 6. The Morgan fingerprint density at radius 1 is 1.15 bits per heavy atom. The number of nitrogens with zero attached hydrogens (tertiary/aromatic N) is 2. The molecule has 3 rings (SSSR count). The Morgan fingerprint density at radius 2 is 1.93 bits per heavy atom. The first kappa shape index (κ1) is 18.7. The van der Waals surface area contributed by atoms with Gasteiger partial charge in [0.15, 0.2) is 18.1 Å². The maximum absolute atomic E-state index is 12.0. The van der Waals surface area contributed by atoms with Crippen LogP contribution in [0.2, 0.25) is 5.02 Å². The van der Waals surface area contributed by atoms with Crippen LogP contribution in [0.5, 0.6) is 11.5 Å². The van der Waals surface area contributed by atoms with Crippen LogP contribution in [0, 0.1) is 0 Å². The van der Waals surface area contributed by atoms with E-state index < -0.39 is 0 Å². The Hall–Kier alpha value is -3.06. The van der Waals surface area contributed by atoms with Crippen molar-refractivity contribution in [1.82, 2.24) is 15.5 Å². The van der Waals surface area contributed by atoms with Gasteiger partial charge in [0.1, 0.15) is 0 Å². The van der Waals surface area contributed by atoms with Crippen molar-refractivity contribution in [3.63, 3.8) is 0 Å². The number of carbonyl (C=O) groups excluding carboxylic acids is 1. The molecule has 1 amide bonds. The van der Waals surface area contributed by atoms with E-state index in [9.17, 15) is 4.79 Å². The largest absolute Gasteiger partial charge is 0.490 e. The molecule has 0 spiro atoms. The lowest BCUT2D eigenvalue weighted by molar-refractivity contribution is -0.123. The number of aromatic nitrogens is 2. The van der Waals surface area contributed by atoms with E-state index in [0.29, 0.717) is 29.0 Å². The molecule has 0 fully saturated rings. The molecule has 140 valence electrons. The quantitative estimate of drug-likeness (QED) is 0.636. The van der Waals surface area contributed by atoms with Crippen molar-refractivity contribution in [2.45, 2.75) is 13.5 Å². The molecule has 0 aliphatic rings. The highest BCUT2D eigenvalue weighted by Gasteiger charge is 2.11. The van der Waals surface area contributed by atoms with Gasteiger partial charge in [-0.15, -0.1) is 0 Å². The van der Waals surface area contributed by atoms with Gasteiger partial charge in [0.25, 0.3) is 5.91 Å². The summed E-state index contributed by atoms with van der Waals surface area (Å²) < 4.78 is 16.1. The smallest absolute Gasteiger partial charge is 0.258 e. The van der Waals surface area contributed by atoms with Gasteiger partial charge in [-0.2, -0.15) is 4.98 Å². The molecule has 3 aromatic rings. The third-order valence-electron chi connectivity index (χ3n) is 3.50. The summed E-state index contributed by atoms with van der Waals surface area (Å²) in [6.45, 7) is 2.34. The zero-order chi connectivity index (χ0) is 19.1. The van der Waals surface area contributed by atoms with E-state index >= 15 is 0 Å². The third kappa shape index (κ3) is 5.21. The van der Waals surface area contributed by atoms with Gasteiger partial charge >= 0.3 is 0 Å². The predicted octanol–water partition coefficient (Wildman–Crippen LogP) is 3.48. The molecule has 1 aromatic heterocycles.